The molecule has 1 nitrogen and oxygen atoms in total. The third-order valence-corrected chi connectivity index (χ3v) is 4.42. The van der Waals surface area contributed by atoms with Gasteiger partial charge in [-0.15, -0.1) is 0 Å². The smallest absolute Gasteiger partial charge is 0.0798 e. The van der Waals surface area contributed by atoms with Gasteiger partial charge in [0, 0.05) is 5.92 Å². The van der Waals surface area contributed by atoms with E-state index in [9.17, 15) is 0 Å². The second kappa shape index (κ2) is 15.6. The molecule has 2 heteroatoms. The Kier molecular flexibility index (Phi) is 17.6. The van der Waals surface area contributed by atoms with Crippen LogP contribution < -0.4 is 17.3 Å². The van der Waals surface area contributed by atoms with Gasteiger partial charge in [-0.1, -0.05) is 78.6 Å². The molecule has 0 bridgehead atoms. The van der Waals surface area contributed by atoms with Gasteiger partial charge in [0.05, 0.1) is 20.6 Å². The zero-order chi connectivity index (χ0) is 14.5. The van der Waals surface area contributed by atoms with Crippen LogP contribution in [0.15, 0.2) is 0 Å². The maximum absolute atomic E-state index is 2.49. The Bertz CT molecular complexity index is 182. The van der Waals surface area contributed by atoms with E-state index in [4.69, 9.17) is 0 Å². The summed E-state index contributed by atoms with van der Waals surface area (Å²) in [5, 5.41) is 0. The van der Waals surface area contributed by atoms with Gasteiger partial charge < -0.3 is 17.3 Å². The average Bonchev–Trinajstić information content (AvgIpc) is 2.38. The number of hydrogen-bond acceptors (Lipinski definition) is 0. The van der Waals surface area contributed by atoms with E-state index in [-0.39, 0.29) is 12.4 Å². The summed E-state index contributed by atoms with van der Waals surface area (Å²) in [5.74, 6) is 1.87. The highest BCUT2D eigenvalue weighted by molar-refractivity contribution is 4.66. The van der Waals surface area contributed by atoms with E-state index in [1.165, 1.54) is 70.8 Å². The van der Waals surface area contributed by atoms with Crippen molar-refractivity contribution in [2.24, 2.45) is 11.8 Å². The second-order valence-corrected chi connectivity index (χ2v) is 6.85. The second-order valence-electron chi connectivity index (χ2n) is 6.85. The molecule has 0 radical (unpaired) electrons. The summed E-state index contributed by atoms with van der Waals surface area (Å²) < 4.78 is 0. The van der Waals surface area contributed by atoms with Crippen molar-refractivity contribution in [3.05, 3.63) is 0 Å². The quantitative estimate of drug-likeness (QED) is 0.490. The van der Waals surface area contributed by atoms with E-state index in [1.54, 1.807) is 4.90 Å². The molecule has 0 rings (SSSR count). The number of hydrogen-bond donors (Lipinski definition) is 1. The summed E-state index contributed by atoms with van der Waals surface area (Å²) in [6.45, 7) is 8.46. The molecule has 0 aliphatic carbocycles. The molecule has 0 saturated carbocycles. The molecule has 0 spiro atoms. The Balaban J connectivity index is 0. The first-order valence-corrected chi connectivity index (χ1v) is 8.90. The molecule has 0 fully saturated rings. The fourth-order valence-electron chi connectivity index (χ4n) is 3.06. The van der Waals surface area contributed by atoms with Gasteiger partial charge in [-0.25, -0.2) is 0 Å². The molecule has 0 saturated heterocycles. The van der Waals surface area contributed by atoms with Gasteiger partial charge in [-0.05, 0) is 12.3 Å². The predicted molar refractivity (Wildman–Crippen MR) is 87.8 cm³/mol. The lowest BCUT2D eigenvalue weighted by molar-refractivity contribution is -0.862. The lowest BCUT2D eigenvalue weighted by atomic mass is 9.85. The van der Waals surface area contributed by atoms with Gasteiger partial charge in [0.25, 0.3) is 0 Å². The number of rotatable bonds is 13. The minimum Gasteiger partial charge on any atom is -1.00 e. The fourth-order valence-corrected chi connectivity index (χ4v) is 3.06. The minimum absolute atomic E-state index is 0. The van der Waals surface area contributed by atoms with Crippen LogP contribution in [0.25, 0.3) is 0 Å². The first-order chi connectivity index (χ1) is 9.11. The van der Waals surface area contributed by atoms with Gasteiger partial charge in [-0.3, -0.25) is 0 Å². The third-order valence-electron chi connectivity index (χ3n) is 4.42. The molecule has 0 heterocycles. The molecule has 0 amide bonds. The molecule has 1 N–H and O–H groups in total. The van der Waals surface area contributed by atoms with Gasteiger partial charge >= 0.3 is 0 Å². The molecule has 0 aliphatic rings. The molecule has 0 aromatic rings. The zero-order valence-electron chi connectivity index (χ0n) is 14.8. The Labute approximate surface area is 135 Å². The Morgan fingerprint density at radius 1 is 0.750 bits per heavy atom. The molecule has 2 unspecified atom stereocenters. The van der Waals surface area contributed by atoms with Crippen LogP contribution in [0, 0.1) is 11.8 Å². The molecule has 0 aliphatic heterocycles. The van der Waals surface area contributed by atoms with E-state index in [2.05, 4.69) is 34.9 Å². The fraction of sp³-hybridized carbons (Fsp3) is 1.00. The highest BCUT2D eigenvalue weighted by Crippen LogP contribution is 2.23. The molecule has 0 aromatic carbocycles. The SMILES string of the molecule is CCCCCCCCC(C[NH+](C)C)C(C)CCCC.[Cl-]. The standard InChI is InChI=1S/C18H39N.ClH/c1-6-8-10-11-12-13-15-18(16-19(4)5)17(3)14-9-7-2;/h17-18H,6-16H2,1-5H3;1H. The first kappa shape index (κ1) is 22.5. The number of unbranched alkanes of at least 4 members (excludes halogenated alkanes) is 6. The highest BCUT2D eigenvalue weighted by atomic mass is 35.5. The normalized spacial score (nSPS) is 14.1. The number of quaternary nitrogens is 1. The van der Waals surface area contributed by atoms with E-state index >= 15 is 0 Å². The van der Waals surface area contributed by atoms with Crippen LogP contribution >= 0.6 is 0 Å². The van der Waals surface area contributed by atoms with Crippen molar-refractivity contribution in [2.75, 3.05) is 20.6 Å². The average molecular weight is 306 g/mol. The number of halogens is 1. The van der Waals surface area contributed by atoms with Crippen molar-refractivity contribution in [3.63, 3.8) is 0 Å². The van der Waals surface area contributed by atoms with Crippen molar-refractivity contribution in [2.45, 2.75) is 85.0 Å². The van der Waals surface area contributed by atoms with Crippen LogP contribution in [0.2, 0.25) is 0 Å². The van der Waals surface area contributed by atoms with Crippen LogP contribution in [0.3, 0.4) is 0 Å². The van der Waals surface area contributed by atoms with Crippen LogP contribution in [-0.4, -0.2) is 20.6 Å². The van der Waals surface area contributed by atoms with Crippen molar-refractivity contribution in [3.8, 4) is 0 Å². The van der Waals surface area contributed by atoms with Crippen LogP contribution in [0.5, 0.6) is 0 Å². The summed E-state index contributed by atoms with van der Waals surface area (Å²) in [6.07, 6.45) is 14.3. The van der Waals surface area contributed by atoms with Crippen molar-refractivity contribution in [1.82, 2.24) is 0 Å². The first-order valence-electron chi connectivity index (χ1n) is 8.90. The maximum Gasteiger partial charge on any atom is 0.0798 e. The minimum atomic E-state index is 0. The summed E-state index contributed by atoms with van der Waals surface area (Å²) in [6, 6.07) is 0. The van der Waals surface area contributed by atoms with Crippen LogP contribution in [0.1, 0.15) is 85.0 Å². The number of nitrogens with one attached hydrogen (secondary N) is 1. The van der Waals surface area contributed by atoms with E-state index in [0.29, 0.717) is 0 Å². The van der Waals surface area contributed by atoms with E-state index in [1.807, 2.05) is 0 Å². The van der Waals surface area contributed by atoms with Gasteiger partial charge in [0.15, 0.2) is 0 Å². The predicted octanol–water partition coefficient (Wildman–Crippen LogP) is 1.33. The van der Waals surface area contributed by atoms with Gasteiger partial charge in [0.2, 0.25) is 0 Å². The summed E-state index contributed by atoms with van der Waals surface area (Å²) in [4.78, 5) is 1.62. The zero-order valence-corrected chi connectivity index (χ0v) is 15.6. The van der Waals surface area contributed by atoms with Crippen molar-refractivity contribution < 1.29 is 17.3 Å². The third kappa shape index (κ3) is 13.2. The van der Waals surface area contributed by atoms with Crippen molar-refractivity contribution >= 4 is 0 Å². The lowest BCUT2D eigenvalue weighted by Crippen LogP contribution is -3.06. The Morgan fingerprint density at radius 3 is 1.85 bits per heavy atom. The summed E-state index contributed by atoms with van der Waals surface area (Å²) in [5.41, 5.74) is 0. The van der Waals surface area contributed by atoms with Gasteiger partial charge in [-0.2, -0.15) is 0 Å². The molecule has 124 valence electrons. The van der Waals surface area contributed by atoms with Crippen LogP contribution in [-0.2, 0) is 0 Å². The van der Waals surface area contributed by atoms with E-state index < -0.39 is 0 Å². The lowest BCUT2D eigenvalue weighted by Gasteiger charge is -2.25. The van der Waals surface area contributed by atoms with E-state index in [0.717, 1.165) is 11.8 Å². The summed E-state index contributed by atoms with van der Waals surface area (Å²) >= 11 is 0. The van der Waals surface area contributed by atoms with Crippen molar-refractivity contribution in [1.29, 1.82) is 0 Å². The largest absolute Gasteiger partial charge is 1.00 e. The Morgan fingerprint density at radius 2 is 1.30 bits per heavy atom. The molecule has 0 aromatic heterocycles. The molecule has 2 atom stereocenters. The topological polar surface area (TPSA) is 4.44 Å². The highest BCUT2D eigenvalue weighted by Gasteiger charge is 2.19. The molecular formula is C18H40ClN. The van der Waals surface area contributed by atoms with Gasteiger partial charge in [0.1, 0.15) is 0 Å². The Hall–Kier alpha value is 0.250. The molecular weight excluding hydrogens is 266 g/mol. The monoisotopic (exact) mass is 305 g/mol. The van der Waals surface area contributed by atoms with Crippen LogP contribution in [0.4, 0.5) is 0 Å². The summed E-state index contributed by atoms with van der Waals surface area (Å²) in [7, 11) is 4.61. The maximum atomic E-state index is 2.49. The molecule has 20 heavy (non-hydrogen) atoms.